The van der Waals surface area contributed by atoms with Crippen LogP contribution in [0, 0.1) is 6.92 Å². The molecule has 31 heavy (non-hydrogen) atoms. The lowest BCUT2D eigenvalue weighted by atomic mass is 10.0. The Morgan fingerprint density at radius 2 is 1.65 bits per heavy atom. The molecule has 0 atom stereocenters. The van der Waals surface area contributed by atoms with E-state index < -0.39 is 0 Å². The standard InChI is InChI=1S/C23H29N5O2S/c1-14(2)19-12-17(18-13-24-28(15(3)4)21(18)25-19)22(29)26-8-10-27(11-9-26)23(30)20-7-6-16(5)31-20/h6-7,12-15H,8-11H2,1-5H3. The summed E-state index contributed by atoms with van der Waals surface area (Å²) in [5, 5.41) is 5.27. The number of carbonyl (C=O) groups is 2. The van der Waals surface area contributed by atoms with E-state index in [4.69, 9.17) is 4.98 Å². The van der Waals surface area contributed by atoms with Gasteiger partial charge in [-0.2, -0.15) is 5.10 Å². The third kappa shape index (κ3) is 4.08. The summed E-state index contributed by atoms with van der Waals surface area (Å²) in [5.41, 5.74) is 2.29. The summed E-state index contributed by atoms with van der Waals surface area (Å²) in [5.74, 6) is 0.240. The molecular weight excluding hydrogens is 410 g/mol. The molecular formula is C23H29N5O2S. The molecule has 1 aliphatic rings. The summed E-state index contributed by atoms with van der Waals surface area (Å²) in [7, 11) is 0. The predicted molar refractivity (Wildman–Crippen MR) is 123 cm³/mol. The van der Waals surface area contributed by atoms with Gasteiger partial charge in [-0.15, -0.1) is 11.3 Å². The summed E-state index contributed by atoms with van der Waals surface area (Å²) in [4.78, 5) is 36.6. The minimum Gasteiger partial charge on any atom is -0.335 e. The van der Waals surface area contributed by atoms with Gasteiger partial charge in [0.05, 0.1) is 22.0 Å². The fourth-order valence-electron chi connectivity index (χ4n) is 3.88. The van der Waals surface area contributed by atoms with Crippen molar-refractivity contribution in [2.75, 3.05) is 26.2 Å². The highest BCUT2D eigenvalue weighted by atomic mass is 32.1. The number of aryl methyl sites for hydroxylation is 1. The average Bonchev–Trinajstić information content (AvgIpc) is 3.38. The van der Waals surface area contributed by atoms with Gasteiger partial charge in [0.2, 0.25) is 0 Å². The Morgan fingerprint density at radius 1 is 1.00 bits per heavy atom. The smallest absolute Gasteiger partial charge is 0.264 e. The molecule has 0 spiro atoms. The van der Waals surface area contributed by atoms with Crippen molar-refractivity contribution in [2.24, 2.45) is 0 Å². The molecule has 0 aliphatic carbocycles. The maximum Gasteiger partial charge on any atom is 0.264 e. The molecule has 0 radical (unpaired) electrons. The van der Waals surface area contributed by atoms with Gasteiger partial charge in [0.25, 0.3) is 11.8 Å². The molecule has 4 rings (SSSR count). The quantitative estimate of drug-likeness (QED) is 0.614. The highest BCUT2D eigenvalue weighted by molar-refractivity contribution is 7.13. The van der Waals surface area contributed by atoms with Crippen LogP contribution in [-0.2, 0) is 0 Å². The number of piperazine rings is 1. The van der Waals surface area contributed by atoms with Crippen molar-refractivity contribution in [1.29, 1.82) is 0 Å². The van der Waals surface area contributed by atoms with Gasteiger partial charge in [0.15, 0.2) is 5.65 Å². The van der Waals surface area contributed by atoms with Crippen LogP contribution in [0.5, 0.6) is 0 Å². The van der Waals surface area contributed by atoms with E-state index in [1.54, 1.807) is 6.20 Å². The van der Waals surface area contributed by atoms with E-state index in [0.717, 1.165) is 26.5 Å². The normalized spacial score (nSPS) is 14.8. The number of aromatic nitrogens is 3. The Kier molecular flexibility index (Phi) is 5.83. The SMILES string of the molecule is Cc1ccc(C(=O)N2CCN(C(=O)c3cc(C(C)C)nc4c3cnn4C(C)C)CC2)s1. The van der Waals surface area contributed by atoms with Crippen LogP contribution in [0.15, 0.2) is 24.4 Å². The Balaban J connectivity index is 1.57. The van der Waals surface area contributed by atoms with Gasteiger partial charge in [-0.05, 0) is 44.9 Å². The maximum absolute atomic E-state index is 13.5. The lowest BCUT2D eigenvalue weighted by molar-refractivity contribution is 0.0539. The van der Waals surface area contributed by atoms with Crippen LogP contribution in [0.3, 0.4) is 0 Å². The number of rotatable bonds is 4. The van der Waals surface area contributed by atoms with Crippen molar-refractivity contribution in [3.63, 3.8) is 0 Å². The number of pyridine rings is 1. The molecule has 3 aromatic heterocycles. The van der Waals surface area contributed by atoms with Crippen molar-refractivity contribution in [3.05, 3.63) is 45.4 Å². The molecule has 0 N–H and O–H groups in total. The molecule has 0 unspecified atom stereocenters. The van der Waals surface area contributed by atoms with Gasteiger partial charge >= 0.3 is 0 Å². The first-order chi connectivity index (χ1) is 14.8. The number of hydrogen-bond acceptors (Lipinski definition) is 5. The summed E-state index contributed by atoms with van der Waals surface area (Å²) in [6.45, 7) is 12.4. The molecule has 0 aromatic carbocycles. The number of thiophene rings is 1. The van der Waals surface area contributed by atoms with Crippen LogP contribution in [0.4, 0.5) is 0 Å². The van der Waals surface area contributed by atoms with Crippen molar-refractivity contribution < 1.29 is 9.59 Å². The highest BCUT2D eigenvalue weighted by Gasteiger charge is 2.28. The van der Waals surface area contributed by atoms with Gasteiger partial charge in [0.1, 0.15) is 0 Å². The molecule has 1 fully saturated rings. The van der Waals surface area contributed by atoms with Crippen molar-refractivity contribution in [3.8, 4) is 0 Å². The zero-order valence-electron chi connectivity index (χ0n) is 18.8. The molecule has 7 nitrogen and oxygen atoms in total. The molecule has 164 valence electrons. The fraction of sp³-hybridized carbons (Fsp3) is 0.478. The zero-order valence-corrected chi connectivity index (χ0v) is 19.6. The van der Waals surface area contributed by atoms with Gasteiger partial charge in [-0.3, -0.25) is 9.59 Å². The van der Waals surface area contributed by atoms with E-state index in [1.807, 2.05) is 39.6 Å². The third-order valence-electron chi connectivity index (χ3n) is 5.70. The van der Waals surface area contributed by atoms with Crippen LogP contribution in [-0.4, -0.2) is 62.6 Å². The van der Waals surface area contributed by atoms with Crippen LogP contribution >= 0.6 is 11.3 Å². The lowest BCUT2D eigenvalue weighted by Crippen LogP contribution is -2.50. The highest BCUT2D eigenvalue weighted by Crippen LogP contribution is 2.26. The van der Waals surface area contributed by atoms with Crippen LogP contribution in [0.2, 0.25) is 0 Å². The lowest BCUT2D eigenvalue weighted by Gasteiger charge is -2.34. The first-order valence-corrected chi connectivity index (χ1v) is 11.6. The monoisotopic (exact) mass is 439 g/mol. The summed E-state index contributed by atoms with van der Waals surface area (Å²) in [6.07, 6.45) is 1.75. The van der Waals surface area contributed by atoms with Crippen molar-refractivity contribution in [1.82, 2.24) is 24.6 Å². The third-order valence-corrected chi connectivity index (χ3v) is 6.69. The Morgan fingerprint density at radius 3 is 2.19 bits per heavy atom. The Bertz CT molecular complexity index is 1120. The number of carbonyl (C=O) groups excluding carboxylic acids is 2. The molecule has 1 saturated heterocycles. The molecule has 0 bridgehead atoms. The minimum atomic E-state index is -0.0170. The minimum absolute atomic E-state index is 0.0170. The average molecular weight is 440 g/mol. The first-order valence-electron chi connectivity index (χ1n) is 10.8. The summed E-state index contributed by atoms with van der Waals surface area (Å²) < 4.78 is 1.87. The summed E-state index contributed by atoms with van der Waals surface area (Å²) in [6, 6.07) is 5.92. The van der Waals surface area contributed by atoms with Gasteiger partial charge in [0, 0.05) is 42.8 Å². The van der Waals surface area contributed by atoms with E-state index >= 15 is 0 Å². The van der Waals surface area contributed by atoms with Crippen molar-refractivity contribution in [2.45, 2.75) is 46.6 Å². The Labute approximate surface area is 186 Å². The molecule has 4 heterocycles. The van der Waals surface area contributed by atoms with Gasteiger partial charge in [-0.25, -0.2) is 9.67 Å². The van der Waals surface area contributed by atoms with E-state index in [0.29, 0.717) is 31.7 Å². The van der Waals surface area contributed by atoms with Crippen LogP contribution in [0.1, 0.15) is 70.3 Å². The van der Waals surface area contributed by atoms with Gasteiger partial charge in [-0.1, -0.05) is 13.8 Å². The molecule has 8 heteroatoms. The first kappa shape index (κ1) is 21.5. The molecule has 2 amide bonds. The molecule has 3 aromatic rings. The summed E-state index contributed by atoms with van der Waals surface area (Å²) >= 11 is 1.52. The number of fused-ring (bicyclic) bond motifs is 1. The second-order valence-corrected chi connectivity index (χ2v) is 9.95. The zero-order chi connectivity index (χ0) is 22.3. The number of nitrogens with zero attached hydrogens (tertiary/aromatic N) is 5. The molecule has 0 saturated carbocycles. The number of hydrogen-bond donors (Lipinski definition) is 0. The maximum atomic E-state index is 13.5. The Hall–Kier alpha value is -2.74. The second kappa shape index (κ2) is 8.42. The van der Waals surface area contributed by atoms with E-state index in [-0.39, 0.29) is 23.8 Å². The van der Waals surface area contributed by atoms with Crippen LogP contribution in [0.25, 0.3) is 11.0 Å². The number of amides is 2. The van der Waals surface area contributed by atoms with Crippen LogP contribution < -0.4 is 0 Å². The van der Waals surface area contributed by atoms with E-state index in [1.165, 1.54) is 11.3 Å². The fourth-order valence-corrected chi connectivity index (χ4v) is 4.71. The predicted octanol–water partition coefficient (Wildman–Crippen LogP) is 4.10. The van der Waals surface area contributed by atoms with E-state index in [9.17, 15) is 9.59 Å². The molecule has 1 aliphatic heterocycles. The van der Waals surface area contributed by atoms with Crippen molar-refractivity contribution >= 4 is 34.2 Å². The van der Waals surface area contributed by atoms with E-state index in [2.05, 4.69) is 32.8 Å². The topological polar surface area (TPSA) is 71.3 Å². The largest absolute Gasteiger partial charge is 0.335 e. The second-order valence-electron chi connectivity index (χ2n) is 8.66. The van der Waals surface area contributed by atoms with Gasteiger partial charge < -0.3 is 9.80 Å².